The van der Waals surface area contributed by atoms with Crippen molar-refractivity contribution in [3.63, 3.8) is 0 Å². The fourth-order valence-electron chi connectivity index (χ4n) is 3.69. The molecule has 0 saturated heterocycles. The maximum atomic E-state index is 14.5. The van der Waals surface area contributed by atoms with E-state index < -0.39 is 0 Å². The molecule has 0 aliphatic heterocycles. The van der Waals surface area contributed by atoms with Crippen LogP contribution in [0.5, 0.6) is 11.5 Å². The molecule has 0 radical (unpaired) electrons. The summed E-state index contributed by atoms with van der Waals surface area (Å²) >= 11 is 0. The van der Waals surface area contributed by atoms with Gasteiger partial charge in [-0.15, -0.1) is 0 Å². The van der Waals surface area contributed by atoms with Crippen LogP contribution < -0.4 is 14.8 Å². The minimum absolute atomic E-state index is 0.0465. The highest BCUT2D eigenvalue weighted by atomic mass is 19.1. The van der Waals surface area contributed by atoms with Crippen LogP contribution in [0.4, 0.5) is 4.39 Å². The van der Waals surface area contributed by atoms with Gasteiger partial charge in [0.15, 0.2) is 11.5 Å². The van der Waals surface area contributed by atoms with Crippen LogP contribution in [0.1, 0.15) is 39.3 Å². The largest absolute Gasteiger partial charge is 0.493 e. The highest BCUT2D eigenvalue weighted by Crippen LogP contribution is 2.72. The van der Waals surface area contributed by atoms with Crippen molar-refractivity contribution in [1.29, 1.82) is 0 Å². The molecule has 2 rings (SSSR count). The number of ether oxygens (including phenoxy) is 2. The predicted molar refractivity (Wildman–Crippen MR) is 82.4 cm³/mol. The molecular formula is C17H26FNO2. The smallest absolute Gasteiger partial charge is 0.163 e. The molecule has 1 atom stereocenters. The SMILES string of the molecule is CNC(c1cc(OC)c(OC)cc1F)C1C(C)(C)C1(C)C. The van der Waals surface area contributed by atoms with Crippen LogP contribution in [0.15, 0.2) is 12.1 Å². The third-order valence-corrected chi connectivity index (χ3v) is 5.61. The summed E-state index contributed by atoms with van der Waals surface area (Å²) in [7, 11) is 4.96. The Kier molecular flexibility index (Phi) is 3.96. The number of hydrogen-bond acceptors (Lipinski definition) is 3. The zero-order valence-electron chi connectivity index (χ0n) is 14.0. The Bertz CT molecular complexity index is 526. The molecule has 0 aromatic heterocycles. The van der Waals surface area contributed by atoms with Crippen LogP contribution in [0, 0.1) is 22.6 Å². The average Bonchev–Trinajstić information content (AvgIpc) is 2.83. The first-order valence-corrected chi connectivity index (χ1v) is 7.31. The topological polar surface area (TPSA) is 30.5 Å². The van der Waals surface area contributed by atoms with Gasteiger partial charge >= 0.3 is 0 Å². The van der Waals surface area contributed by atoms with Gasteiger partial charge < -0.3 is 14.8 Å². The second-order valence-corrected chi connectivity index (χ2v) is 6.92. The molecule has 21 heavy (non-hydrogen) atoms. The predicted octanol–water partition coefficient (Wildman–Crippen LogP) is 3.79. The van der Waals surface area contributed by atoms with Crippen LogP contribution in [0.2, 0.25) is 0 Å². The summed E-state index contributed by atoms with van der Waals surface area (Å²) in [5.41, 5.74) is 0.972. The van der Waals surface area contributed by atoms with Crippen molar-refractivity contribution in [1.82, 2.24) is 5.32 Å². The Morgan fingerprint density at radius 2 is 1.52 bits per heavy atom. The molecule has 4 heteroatoms. The lowest BCUT2D eigenvalue weighted by Gasteiger charge is -2.21. The zero-order chi connectivity index (χ0) is 16.0. The minimum Gasteiger partial charge on any atom is -0.493 e. The molecule has 118 valence electrons. The summed E-state index contributed by atoms with van der Waals surface area (Å²) < 4.78 is 25.0. The summed E-state index contributed by atoms with van der Waals surface area (Å²) in [5, 5.41) is 3.28. The van der Waals surface area contributed by atoms with E-state index in [2.05, 4.69) is 33.0 Å². The summed E-state index contributed by atoms with van der Waals surface area (Å²) in [6, 6.07) is 3.11. The minimum atomic E-state index is -0.259. The van der Waals surface area contributed by atoms with Crippen molar-refractivity contribution in [2.24, 2.45) is 16.7 Å². The number of methoxy groups -OCH3 is 2. The first-order chi connectivity index (χ1) is 9.72. The van der Waals surface area contributed by atoms with Gasteiger partial charge in [0.25, 0.3) is 0 Å². The molecule has 1 unspecified atom stereocenters. The summed E-state index contributed by atoms with van der Waals surface area (Å²) in [6.07, 6.45) is 0. The van der Waals surface area contributed by atoms with Crippen molar-refractivity contribution in [3.8, 4) is 11.5 Å². The van der Waals surface area contributed by atoms with E-state index in [0.29, 0.717) is 23.0 Å². The van der Waals surface area contributed by atoms with E-state index >= 15 is 0 Å². The molecular weight excluding hydrogens is 269 g/mol. The number of nitrogens with one attached hydrogen (secondary N) is 1. The Morgan fingerprint density at radius 1 is 1.05 bits per heavy atom. The van der Waals surface area contributed by atoms with Gasteiger partial charge in [-0.3, -0.25) is 0 Å². The zero-order valence-corrected chi connectivity index (χ0v) is 14.0. The van der Waals surface area contributed by atoms with E-state index in [4.69, 9.17) is 9.47 Å². The van der Waals surface area contributed by atoms with Crippen molar-refractivity contribution in [2.45, 2.75) is 33.7 Å². The lowest BCUT2D eigenvalue weighted by atomic mass is 9.95. The molecule has 0 spiro atoms. The van der Waals surface area contributed by atoms with E-state index in [0.717, 1.165) is 0 Å². The summed E-state index contributed by atoms with van der Waals surface area (Å²) in [5.74, 6) is 1.08. The molecule has 1 fully saturated rings. The van der Waals surface area contributed by atoms with Crippen LogP contribution in [-0.4, -0.2) is 21.3 Å². The normalized spacial score (nSPS) is 21.0. The maximum Gasteiger partial charge on any atom is 0.163 e. The molecule has 0 bridgehead atoms. The summed E-state index contributed by atoms with van der Waals surface area (Å²) in [4.78, 5) is 0. The van der Waals surface area contributed by atoms with Crippen molar-refractivity contribution in [2.75, 3.05) is 21.3 Å². The first-order valence-electron chi connectivity index (χ1n) is 7.31. The van der Waals surface area contributed by atoms with Crippen LogP contribution in [0.3, 0.4) is 0 Å². The van der Waals surface area contributed by atoms with E-state index in [1.54, 1.807) is 13.2 Å². The quantitative estimate of drug-likeness (QED) is 0.896. The van der Waals surface area contributed by atoms with Gasteiger partial charge in [-0.25, -0.2) is 4.39 Å². The van der Waals surface area contributed by atoms with Gasteiger partial charge in [0.2, 0.25) is 0 Å². The fourth-order valence-corrected chi connectivity index (χ4v) is 3.69. The molecule has 1 aromatic rings. The Hall–Kier alpha value is -1.29. The second-order valence-electron chi connectivity index (χ2n) is 6.92. The lowest BCUT2D eigenvalue weighted by Crippen LogP contribution is -2.22. The van der Waals surface area contributed by atoms with Crippen LogP contribution in [0.25, 0.3) is 0 Å². The number of hydrogen-bond donors (Lipinski definition) is 1. The van der Waals surface area contributed by atoms with E-state index in [-0.39, 0.29) is 22.7 Å². The fraction of sp³-hybridized carbons (Fsp3) is 0.647. The highest BCUT2D eigenvalue weighted by Gasteiger charge is 2.67. The van der Waals surface area contributed by atoms with Crippen LogP contribution >= 0.6 is 0 Å². The lowest BCUT2D eigenvalue weighted by molar-refractivity contribution is 0.347. The van der Waals surface area contributed by atoms with Gasteiger partial charge in [0.1, 0.15) is 5.82 Å². The third kappa shape index (κ3) is 2.30. The Balaban J connectivity index is 2.45. The highest BCUT2D eigenvalue weighted by molar-refractivity contribution is 5.45. The summed E-state index contributed by atoms with van der Waals surface area (Å²) in [6.45, 7) is 8.95. The molecule has 1 aliphatic carbocycles. The van der Waals surface area contributed by atoms with Crippen molar-refractivity contribution < 1.29 is 13.9 Å². The molecule has 1 N–H and O–H groups in total. The molecule has 3 nitrogen and oxygen atoms in total. The average molecular weight is 295 g/mol. The number of rotatable bonds is 5. The maximum absolute atomic E-state index is 14.5. The molecule has 1 saturated carbocycles. The van der Waals surface area contributed by atoms with E-state index in [9.17, 15) is 4.39 Å². The van der Waals surface area contributed by atoms with Gasteiger partial charge in [-0.2, -0.15) is 0 Å². The molecule has 1 aromatic carbocycles. The standard InChI is InChI=1S/C17H26FNO2/c1-16(2)15(17(16,3)4)14(19-5)10-8-12(20-6)13(21-7)9-11(10)18/h8-9,14-15,19H,1-7H3. The molecule has 1 aliphatic rings. The van der Waals surface area contributed by atoms with E-state index in [1.807, 2.05) is 7.05 Å². The van der Waals surface area contributed by atoms with Crippen LogP contribution in [-0.2, 0) is 0 Å². The monoisotopic (exact) mass is 295 g/mol. The van der Waals surface area contributed by atoms with Gasteiger partial charge in [-0.1, -0.05) is 27.7 Å². The number of benzene rings is 1. The van der Waals surface area contributed by atoms with Crippen molar-refractivity contribution >= 4 is 0 Å². The third-order valence-electron chi connectivity index (χ3n) is 5.61. The van der Waals surface area contributed by atoms with Gasteiger partial charge in [0.05, 0.1) is 14.2 Å². The first kappa shape index (κ1) is 16.1. The second kappa shape index (κ2) is 5.16. The molecule has 0 amide bonds. The van der Waals surface area contributed by atoms with Gasteiger partial charge in [-0.05, 0) is 29.9 Å². The van der Waals surface area contributed by atoms with Gasteiger partial charge in [0, 0.05) is 17.7 Å². The van der Waals surface area contributed by atoms with Crippen molar-refractivity contribution in [3.05, 3.63) is 23.5 Å². The number of halogens is 1. The molecule has 0 heterocycles. The Labute approximate surface area is 126 Å². The van der Waals surface area contributed by atoms with E-state index in [1.165, 1.54) is 13.2 Å². The Morgan fingerprint density at radius 3 is 1.90 bits per heavy atom.